The third kappa shape index (κ3) is 2.93. The van der Waals surface area contributed by atoms with Gasteiger partial charge in [-0.1, -0.05) is 0 Å². The molecule has 0 saturated carbocycles. The summed E-state index contributed by atoms with van der Waals surface area (Å²) in [7, 11) is 1.78. The first-order valence-corrected chi connectivity index (χ1v) is 5.93. The quantitative estimate of drug-likeness (QED) is 0.900. The molecule has 0 aliphatic heterocycles. The smallest absolute Gasteiger partial charge is 0.255 e. The highest BCUT2D eigenvalue weighted by Gasteiger charge is 2.09. The second kappa shape index (κ2) is 5.85. The largest absolute Gasteiger partial charge is 0.388 e. The lowest BCUT2D eigenvalue weighted by Crippen LogP contribution is -2.13. The van der Waals surface area contributed by atoms with E-state index in [1.165, 1.54) is 12.1 Å². The van der Waals surface area contributed by atoms with E-state index in [4.69, 9.17) is 5.26 Å². The number of amides is 1. The monoisotopic (exact) mass is 269 g/mol. The molecule has 20 heavy (non-hydrogen) atoms. The Bertz CT molecular complexity index is 675. The Morgan fingerprint density at radius 2 is 1.90 bits per heavy atom. The highest BCUT2D eigenvalue weighted by Crippen LogP contribution is 2.17. The van der Waals surface area contributed by atoms with Gasteiger partial charge in [0.05, 0.1) is 17.3 Å². The van der Waals surface area contributed by atoms with Crippen molar-refractivity contribution in [3.8, 4) is 6.07 Å². The lowest BCUT2D eigenvalue weighted by molar-refractivity contribution is 0.102. The van der Waals surface area contributed by atoms with Crippen molar-refractivity contribution in [1.29, 1.82) is 5.26 Å². The van der Waals surface area contributed by atoms with E-state index in [-0.39, 0.29) is 11.3 Å². The van der Waals surface area contributed by atoms with E-state index >= 15 is 0 Å². The van der Waals surface area contributed by atoms with Crippen molar-refractivity contribution in [2.45, 2.75) is 0 Å². The van der Waals surface area contributed by atoms with Crippen LogP contribution in [0.4, 0.5) is 15.8 Å². The Hall–Kier alpha value is -2.87. The SMILES string of the molecule is CNc1ccc(C(=O)Nc2ccc(C#N)cc2F)cc1. The van der Waals surface area contributed by atoms with Crippen LogP contribution < -0.4 is 10.6 Å². The molecule has 0 heterocycles. The van der Waals surface area contributed by atoms with Crippen LogP contribution in [0.15, 0.2) is 42.5 Å². The Kier molecular flexibility index (Phi) is 3.96. The van der Waals surface area contributed by atoms with Crippen LogP contribution in [-0.4, -0.2) is 13.0 Å². The molecule has 0 bridgehead atoms. The molecule has 100 valence electrons. The number of rotatable bonds is 3. The molecule has 0 saturated heterocycles. The van der Waals surface area contributed by atoms with E-state index in [0.717, 1.165) is 11.8 Å². The summed E-state index contributed by atoms with van der Waals surface area (Å²) in [5.41, 5.74) is 1.56. The first kappa shape index (κ1) is 13.6. The Morgan fingerprint density at radius 3 is 2.45 bits per heavy atom. The first-order valence-electron chi connectivity index (χ1n) is 5.93. The number of carbonyl (C=O) groups is 1. The lowest BCUT2D eigenvalue weighted by Gasteiger charge is -2.07. The van der Waals surface area contributed by atoms with Gasteiger partial charge in [0.15, 0.2) is 0 Å². The molecule has 0 aromatic heterocycles. The summed E-state index contributed by atoms with van der Waals surface area (Å²) >= 11 is 0. The minimum Gasteiger partial charge on any atom is -0.388 e. The molecule has 2 N–H and O–H groups in total. The molecule has 0 radical (unpaired) electrons. The number of nitrogens with zero attached hydrogens (tertiary/aromatic N) is 1. The maximum absolute atomic E-state index is 13.7. The summed E-state index contributed by atoms with van der Waals surface area (Å²) in [5, 5.41) is 14.1. The van der Waals surface area contributed by atoms with Crippen LogP contribution in [-0.2, 0) is 0 Å². The summed E-state index contributed by atoms with van der Waals surface area (Å²) in [6, 6.07) is 12.5. The van der Waals surface area contributed by atoms with Crippen molar-refractivity contribution in [1.82, 2.24) is 0 Å². The van der Waals surface area contributed by atoms with Gasteiger partial charge in [-0.15, -0.1) is 0 Å². The summed E-state index contributed by atoms with van der Waals surface area (Å²) in [5.74, 6) is -1.04. The van der Waals surface area contributed by atoms with Crippen molar-refractivity contribution < 1.29 is 9.18 Å². The maximum Gasteiger partial charge on any atom is 0.255 e. The van der Waals surface area contributed by atoms with Gasteiger partial charge < -0.3 is 10.6 Å². The zero-order valence-electron chi connectivity index (χ0n) is 10.8. The third-order valence-electron chi connectivity index (χ3n) is 2.78. The average molecular weight is 269 g/mol. The molecular weight excluding hydrogens is 257 g/mol. The number of halogens is 1. The molecule has 0 fully saturated rings. The Balaban J connectivity index is 2.17. The van der Waals surface area contributed by atoms with Gasteiger partial charge in [0.1, 0.15) is 5.82 Å². The highest BCUT2D eigenvalue weighted by atomic mass is 19.1. The van der Waals surface area contributed by atoms with Gasteiger partial charge >= 0.3 is 0 Å². The van der Waals surface area contributed by atoms with Crippen LogP contribution in [0.2, 0.25) is 0 Å². The predicted molar refractivity (Wildman–Crippen MR) is 75.1 cm³/mol. The number of nitrogens with one attached hydrogen (secondary N) is 2. The summed E-state index contributed by atoms with van der Waals surface area (Å²) < 4.78 is 13.7. The van der Waals surface area contributed by atoms with E-state index in [2.05, 4.69) is 10.6 Å². The maximum atomic E-state index is 13.7. The molecule has 1 amide bonds. The summed E-state index contributed by atoms with van der Waals surface area (Å²) in [4.78, 5) is 12.0. The summed E-state index contributed by atoms with van der Waals surface area (Å²) in [6.45, 7) is 0. The van der Waals surface area contributed by atoms with Crippen LogP contribution in [0, 0.1) is 17.1 Å². The van der Waals surface area contributed by atoms with Gasteiger partial charge in [-0.3, -0.25) is 4.79 Å². The van der Waals surface area contributed by atoms with Gasteiger partial charge in [0.25, 0.3) is 5.91 Å². The molecule has 2 aromatic carbocycles. The predicted octanol–water partition coefficient (Wildman–Crippen LogP) is 2.99. The molecule has 0 aliphatic rings. The van der Waals surface area contributed by atoms with E-state index in [1.807, 2.05) is 6.07 Å². The fourth-order valence-electron chi connectivity index (χ4n) is 1.67. The fraction of sp³-hybridized carbons (Fsp3) is 0.0667. The molecule has 2 rings (SSSR count). The Labute approximate surface area is 115 Å². The second-order valence-corrected chi connectivity index (χ2v) is 4.09. The molecular formula is C15H12FN3O. The molecule has 0 aliphatic carbocycles. The number of anilines is 2. The van der Waals surface area contributed by atoms with E-state index in [9.17, 15) is 9.18 Å². The Morgan fingerprint density at radius 1 is 1.20 bits per heavy atom. The van der Waals surface area contributed by atoms with Crippen LogP contribution in [0.3, 0.4) is 0 Å². The van der Waals surface area contributed by atoms with Crippen molar-refractivity contribution in [2.24, 2.45) is 0 Å². The zero-order valence-corrected chi connectivity index (χ0v) is 10.8. The molecule has 0 spiro atoms. The van der Waals surface area contributed by atoms with Crippen molar-refractivity contribution in [3.05, 3.63) is 59.4 Å². The molecule has 2 aromatic rings. The van der Waals surface area contributed by atoms with Crippen molar-refractivity contribution in [2.75, 3.05) is 17.7 Å². The van der Waals surface area contributed by atoms with Crippen LogP contribution in [0.1, 0.15) is 15.9 Å². The fourth-order valence-corrected chi connectivity index (χ4v) is 1.67. The number of hydrogen-bond acceptors (Lipinski definition) is 3. The van der Waals surface area contributed by atoms with Gasteiger partial charge in [-0.05, 0) is 42.5 Å². The van der Waals surface area contributed by atoms with E-state index in [1.54, 1.807) is 31.3 Å². The van der Waals surface area contributed by atoms with Crippen LogP contribution in [0.25, 0.3) is 0 Å². The average Bonchev–Trinajstić information content (AvgIpc) is 2.49. The standard InChI is InChI=1S/C15H12FN3O/c1-18-12-5-3-11(4-6-12)15(20)19-14-7-2-10(9-17)8-13(14)16/h2-8,18H,1H3,(H,19,20). The topological polar surface area (TPSA) is 64.9 Å². The number of carbonyl (C=O) groups excluding carboxylic acids is 1. The molecule has 0 atom stereocenters. The van der Waals surface area contributed by atoms with Gasteiger partial charge in [-0.2, -0.15) is 5.26 Å². The minimum absolute atomic E-state index is 0.0479. The van der Waals surface area contributed by atoms with Crippen LogP contribution >= 0.6 is 0 Å². The number of nitriles is 1. The zero-order chi connectivity index (χ0) is 14.5. The second-order valence-electron chi connectivity index (χ2n) is 4.09. The number of hydrogen-bond donors (Lipinski definition) is 2. The molecule has 5 heteroatoms. The normalized spacial score (nSPS) is 9.65. The molecule has 0 unspecified atom stereocenters. The van der Waals surface area contributed by atoms with E-state index < -0.39 is 11.7 Å². The van der Waals surface area contributed by atoms with Gasteiger partial charge in [-0.25, -0.2) is 4.39 Å². The summed E-state index contributed by atoms with van der Waals surface area (Å²) in [6.07, 6.45) is 0. The van der Waals surface area contributed by atoms with Gasteiger partial charge in [0, 0.05) is 18.3 Å². The van der Waals surface area contributed by atoms with Crippen molar-refractivity contribution in [3.63, 3.8) is 0 Å². The third-order valence-corrected chi connectivity index (χ3v) is 2.78. The minimum atomic E-state index is -0.635. The number of benzene rings is 2. The van der Waals surface area contributed by atoms with Gasteiger partial charge in [0.2, 0.25) is 0 Å². The first-order chi connectivity index (χ1) is 9.63. The van der Waals surface area contributed by atoms with Crippen molar-refractivity contribution >= 4 is 17.3 Å². The lowest BCUT2D eigenvalue weighted by atomic mass is 10.1. The molecule has 4 nitrogen and oxygen atoms in total. The van der Waals surface area contributed by atoms with Crippen LogP contribution in [0.5, 0.6) is 0 Å². The van der Waals surface area contributed by atoms with E-state index in [0.29, 0.717) is 5.56 Å². The highest BCUT2D eigenvalue weighted by molar-refractivity contribution is 6.04.